The lowest BCUT2D eigenvalue weighted by molar-refractivity contribution is -0.121. The molecule has 0 bridgehead atoms. The number of rotatable bonds is 5. The fourth-order valence-electron chi connectivity index (χ4n) is 2.66. The van der Waals surface area contributed by atoms with Crippen LogP contribution in [0.15, 0.2) is 45.7 Å². The van der Waals surface area contributed by atoms with Crippen molar-refractivity contribution in [2.24, 2.45) is 0 Å². The fraction of sp³-hybridized carbons (Fsp3) is 0.222. The molecule has 1 N–H and O–H groups in total. The highest BCUT2D eigenvalue weighted by Crippen LogP contribution is 2.32. The van der Waals surface area contributed by atoms with Crippen molar-refractivity contribution in [3.8, 4) is 23.0 Å². The van der Waals surface area contributed by atoms with E-state index in [1.54, 1.807) is 19.1 Å². The number of aromatic nitrogens is 3. The minimum atomic E-state index is -0.298. The smallest absolute Gasteiger partial charge is 0.251 e. The molecule has 0 spiro atoms. The molecule has 0 saturated carbocycles. The van der Waals surface area contributed by atoms with Crippen LogP contribution in [0.5, 0.6) is 11.5 Å². The number of hydrogen-bond acceptors (Lipinski definition) is 7. The topological polar surface area (TPSA) is 108 Å². The van der Waals surface area contributed by atoms with E-state index in [4.69, 9.17) is 13.9 Å². The molecule has 1 aliphatic heterocycles. The fourth-order valence-corrected chi connectivity index (χ4v) is 2.66. The van der Waals surface area contributed by atoms with Crippen LogP contribution < -0.4 is 20.3 Å². The molecule has 0 fully saturated rings. The van der Waals surface area contributed by atoms with E-state index in [1.807, 2.05) is 12.1 Å². The van der Waals surface area contributed by atoms with Crippen LogP contribution in [-0.2, 0) is 17.9 Å². The summed E-state index contributed by atoms with van der Waals surface area (Å²) in [5.41, 5.74) is 1.14. The molecule has 0 unspecified atom stereocenters. The first-order chi connectivity index (χ1) is 13.1. The predicted octanol–water partition coefficient (Wildman–Crippen LogP) is 1.25. The van der Waals surface area contributed by atoms with Gasteiger partial charge in [-0.2, -0.15) is 0 Å². The lowest BCUT2D eigenvalue weighted by atomic mass is 10.2. The summed E-state index contributed by atoms with van der Waals surface area (Å²) >= 11 is 0. The number of aryl methyl sites for hydroxylation is 1. The molecule has 4 rings (SSSR count). The van der Waals surface area contributed by atoms with Gasteiger partial charge in [-0.15, -0.1) is 10.2 Å². The van der Waals surface area contributed by atoms with Gasteiger partial charge < -0.3 is 23.8 Å². The van der Waals surface area contributed by atoms with Gasteiger partial charge in [-0.1, -0.05) is 6.07 Å². The van der Waals surface area contributed by atoms with Crippen molar-refractivity contribution in [1.29, 1.82) is 0 Å². The van der Waals surface area contributed by atoms with Crippen molar-refractivity contribution < 1.29 is 18.7 Å². The molecule has 2 aromatic heterocycles. The summed E-state index contributed by atoms with van der Waals surface area (Å²) in [7, 11) is 0. The van der Waals surface area contributed by atoms with Crippen LogP contribution in [0.3, 0.4) is 0 Å². The maximum Gasteiger partial charge on any atom is 0.251 e. The Kier molecular flexibility index (Phi) is 4.33. The van der Waals surface area contributed by atoms with E-state index in [9.17, 15) is 9.59 Å². The van der Waals surface area contributed by atoms with Gasteiger partial charge in [0.2, 0.25) is 24.5 Å². The quantitative estimate of drug-likeness (QED) is 0.722. The monoisotopic (exact) mass is 368 g/mol. The number of amides is 1. The van der Waals surface area contributed by atoms with Gasteiger partial charge in [0.15, 0.2) is 11.5 Å². The summed E-state index contributed by atoms with van der Waals surface area (Å²) < 4.78 is 17.2. The highest BCUT2D eigenvalue weighted by atomic mass is 16.7. The Bertz CT molecular complexity index is 1060. The molecular formula is C18H16N4O5. The average Bonchev–Trinajstić information content (AvgIpc) is 3.30. The third kappa shape index (κ3) is 3.66. The summed E-state index contributed by atoms with van der Waals surface area (Å²) in [5, 5.41) is 10.5. The number of carbonyl (C=O) groups is 1. The summed E-state index contributed by atoms with van der Waals surface area (Å²) in [6.07, 6.45) is 1.52. The second-order valence-electron chi connectivity index (χ2n) is 5.97. The highest BCUT2D eigenvalue weighted by molar-refractivity contribution is 5.75. The molecule has 1 amide bonds. The van der Waals surface area contributed by atoms with Gasteiger partial charge in [0.1, 0.15) is 6.54 Å². The van der Waals surface area contributed by atoms with Gasteiger partial charge in [0.25, 0.3) is 5.56 Å². The van der Waals surface area contributed by atoms with E-state index in [0.717, 1.165) is 5.56 Å². The molecule has 3 heterocycles. The zero-order valence-corrected chi connectivity index (χ0v) is 14.5. The van der Waals surface area contributed by atoms with Crippen molar-refractivity contribution in [2.75, 3.05) is 6.79 Å². The lowest BCUT2D eigenvalue weighted by Gasteiger charge is -2.09. The Hall–Kier alpha value is -3.62. The van der Waals surface area contributed by atoms with E-state index >= 15 is 0 Å². The van der Waals surface area contributed by atoms with Gasteiger partial charge >= 0.3 is 0 Å². The first-order valence-corrected chi connectivity index (χ1v) is 8.25. The zero-order valence-electron chi connectivity index (χ0n) is 14.5. The van der Waals surface area contributed by atoms with Crippen LogP contribution in [-0.4, -0.2) is 27.5 Å². The maximum absolute atomic E-state index is 12.2. The van der Waals surface area contributed by atoms with Crippen LogP contribution in [0.4, 0.5) is 0 Å². The van der Waals surface area contributed by atoms with Crippen LogP contribution >= 0.6 is 0 Å². The second kappa shape index (κ2) is 6.94. The highest BCUT2D eigenvalue weighted by Gasteiger charge is 2.14. The van der Waals surface area contributed by atoms with Crippen LogP contribution in [0, 0.1) is 6.92 Å². The van der Waals surface area contributed by atoms with Crippen molar-refractivity contribution in [1.82, 2.24) is 20.1 Å². The van der Waals surface area contributed by atoms with E-state index in [1.165, 1.54) is 16.8 Å². The molecule has 0 atom stereocenters. The first-order valence-electron chi connectivity index (χ1n) is 8.25. The molecule has 9 nitrogen and oxygen atoms in total. The predicted molar refractivity (Wildman–Crippen MR) is 93.1 cm³/mol. The van der Waals surface area contributed by atoms with Crippen LogP contribution in [0.2, 0.25) is 0 Å². The molecule has 0 radical (unpaired) electrons. The third-order valence-electron chi connectivity index (χ3n) is 4.00. The van der Waals surface area contributed by atoms with Crippen molar-refractivity contribution in [3.05, 3.63) is 58.3 Å². The Morgan fingerprint density at radius 3 is 2.85 bits per heavy atom. The molecule has 1 aromatic carbocycles. The van der Waals surface area contributed by atoms with Gasteiger partial charge in [-0.05, 0) is 23.8 Å². The summed E-state index contributed by atoms with van der Waals surface area (Å²) in [6.45, 7) is 2.07. The number of nitrogens with zero attached hydrogens (tertiary/aromatic N) is 3. The lowest BCUT2D eigenvalue weighted by Crippen LogP contribution is -2.31. The first kappa shape index (κ1) is 16.8. The second-order valence-corrected chi connectivity index (χ2v) is 5.97. The van der Waals surface area contributed by atoms with E-state index in [2.05, 4.69) is 15.5 Å². The van der Waals surface area contributed by atoms with Crippen molar-refractivity contribution in [3.63, 3.8) is 0 Å². The largest absolute Gasteiger partial charge is 0.454 e. The van der Waals surface area contributed by atoms with Gasteiger partial charge in [0.05, 0.1) is 5.56 Å². The van der Waals surface area contributed by atoms with E-state index in [0.29, 0.717) is 35.4 Å². The molecular weight excluding hydrogens is 352 g/mol. The maximum atomic E-state index is 12.2. The Balaban J connectivity index is 1.42. The number of pyridine rings is 1. The molecule has 0 saturated heterocycles. The zero-order chi connectivity index (χ0) is 18.8. The van der Waals surface area contributed by atoms with Crippen LogP contribution in [0.25, 0.3) is 11.5 Å². The van der Waals surface area contributed by atoms with E-state index in [-0.39, 0.29) is 24.8 Å². The number of ether oxygens (including phenoxy) is 2. The van der Waals surface area contributed by atoms with Crippen molar-refractivity contribution >= 4 is 5.91 Å². The molecule has 0 aliphatic carbocycles. The van der Waals surface area contributed by atoms with Gasteiger partial charge in [-0.3, -0.25) is 9.59 Å². The molecule has 27 heavy (non-hydrogen) atoms. The van der Waals surface area contributed by atoms with Crippen LogP contribution in [0.1, 0.15) is 11.5 Å². The summed E-state index contributed by atoms with van der Waals surface area (Å²) in [5.74, 6) is 1.75. The number of hydrogen-bond donors (Lipinski definition) is 1. The summed E-state index contributed by atoms with van der Waals surface area (Å²) in [4.78, 5) is 24.3. The number of nitrogens with one attached hydrogen (secondary N) is 1. The van der Waals surface area contributed by atoms with Gasteiger partial charge in [-0.25, -0.2) is 0 Å². The Labute approximate surface area is 153 Å². The standard InChI is InChI=1S/C18H16N4O5/c1-11-20-21-18(27-11)13-3-5-17(24)22(8-13)9-16(23)19-7-12-2-4-14-15(6-12)26-10-25-14/h2-6,8H,7,9-10H2,1H3,(H,19,23). The number of fused-ring (bicyclic) bond motifs is 1. The van der Waals surface area contributed by atoms with Gasteiger partial charge in [0, 0.05) is 25.7 Å². The third-order valence-corrected chi connectivity index (χ3v) is 4.00. The molecule has 1 aliphatic rings. The molecule has 3 aromatic rings. The Morgan fingerprint density at radius 1 is 1.19 bits per heavy atom. The van der Waals surface area contributed by atoms with E-state index < -0.39 is 0 Å². The SMILES string of the molecule is Cc1nnc(-c2ccc(=O)n(CC(=O)NCc3ccc4c(c3)OCO4)c2)o1. The Morgan fingerprint density at radius 2 is 2.04 bits per heavy atom. The number of carbonyl (C=O) groups excluding carboxylic acids is 1. The minimum absolute atomic E-state index is 0.121. The molecule has 138 valence electrons. The normalized spacial score (nSPS) is 12.2. The number of benzene rings is 1. The summed E-state index contributed by atoms with van der Waals surface area (Å²) in [6, 6.07) is 8.40. The van der Waals surface area contributed by atoms with Crippen molar-refractivity contribution in [2.45, 2.75) is 20.0 Å². The molecule has 9 heteroatoms. The minimum Gasteiger partial charge on any atom is -0.454 e. The average molecular weight is 368 g/mol.